The molecule has 5 nitrogen and oxygen atoms in total. The van der Waals surface area contributed by atoms with Crippen LogP contribution in [-0.2, 0) is 10.1 Å². The highest BCUT2D eigenvalue weighted by Crippen LogP contribution is 1.83. The topological polar surface area (TPSA) is 83.0 Å². The summed E-state index contributed by atoms with van der Waals surface area (Å²) < 4.78 is 27.6. The molecule has 2 aromatic rings. The Balaban J connectivity index is 0.000000243. The molecule has 100 valence electrons. The number of H-pyrrole nitrogens is 1. The normalized spacial score (nSPS) is 9.44. The van der Waals surface area contributed by atoms with Gasteiger partial charge < -0.3 is 4.98 Å². The van der Waals surface area contributed by atoms with Crippen molar-refractivity contribution in [2.24, 2.45) is 0 Å². The molecule has 2 aromatic heterocycles. The fourth-order valence-electron chi connectivity index (χ4n) is 0.848. The smallest absolute Gasteiger partial charge is 0.264 e. The molecule has 0 radical (unpaired) electrons. The second-order valence-electron chi connectivity index (χ2n) is 3.20. The summed E-state index contributed by atoms with van der Waals surface area (Å²) in [5.74, 6) is -0.132. The molecule has 2 N–H and O–H groups in total. The Morgan fingerprint density at radius 2 is 1.61 bits per heavy atom. The van der Waals surface area contributed by atoms with Crippen molar-refractivity contribution >= 4 is 10.1 Å². The molecule has 6 heteroatoms. The highest BCUT2D eigenvalue weighted by atomic mass is 32.2. The van der Waals surface area contributed by atoms with Gasteiger partial charge in [-0.25, -0.2) is 0 Å². The molecule has 0 aliphatic heterocycles. The van der Waals surface area contributed by atoms with E-state index >= 15 is 0 Å². The number of aromatic nitrogens is 2. The van der Waals surface area contributed by atoms with Crippen molar-refractivity contribution in [2.75, 3.05) is 5.75 Å². The van der Waals surface area contributed by atoms with Crippen LogP contribution in [0.4, 0.5) is 0 Å². The fourth-order valence-corrected chi connectivity index (χ4v) is 1.36. The first-order valence-corrected chi connectivity index (χ1v) is 7.05. The zero-order valence-electron chi connectivity index (χ0n) is 10.2. The zero-order valence-corrected chi connectivity index (χ0v) is 11.0. The van der Waals surface area contributed by atoms with E-state index in [1.54, 1.807) is 19.3 Å². The van der Waals surface area contributed by atoms with Crippen LogP contribution in [-0.4, -0.2) is 28.7 Å². The quantitative estimate of drug-likeness (QED) is 0.821. The van der Waals surface area contributed by atoms with Crippen LogP contribution in [0.1, 0.15) is 13.3 Å². The number of nitrogens with one attached hydrogen (secondary N) is 1. The largest absolute Gasteiger partial charge is 0.368 e. The first-order valence-electron chi connectivity index (χ1n) is 5.44. The third kappa shape index (κ3) is 14.3. The first-order chi connectivity index (χ1) is 8.56. The minimum atomic E-state index is -3.67. The third-order valence-corrected chi connectivity index (χ3v) is 2.45. The molecule has 0 amide bonds. The molecule has 0 aliphatic carbocycles. The van der Waals surface area contributed by atoms with E-state index in [-0.39, 0.29) is 5.75 Å². The zero-order chi connectivity index (χ0) is 13.7. The summed E-state index contributed by atoms with van der Waals surface area (Å²) in [4.78, 5) is 6.65. The summed E-state index contributed by atoms with van der Waals surface area (Å²) in [6, 6.07) is 9.60. The molecule has 0 saturated carbocycles. The van der Waals surface area contributed by atoms with E-state index in [0.717, 1.165) is 0 Å². The Hall–Kier alpha value is -1.66. The number of hydrogen-bond donors (Lipinski definition) is 2. The minimum absolute atomic E-state index is 0.132. The number of aromatic amines is 1. The van der Waals surface area contributed by atoms with E-state index in [0.29, 0.717) is 6.42 Å². The van der Waals surface area contributed by atoms with Gasteiger partial charge in [-0.2, -0.15) is 8.42 Å². The molecule has 0 saturated heterocycles. The van der Waals surface area contributed by atoms with Crippen molar-refractivity contribution in [1.29, 1.82) is 0 Å². The Morgan fingerprint density at radius 3 is 1.72 bits per heavy atom. The van der Waals surface area contributed by atoms with Crippen molar-refractivity contribution < 1.29 is 13.0 Å². The van der Waals surface area contributed by atoms with Crippen LogP contribution in [0, 0.1) is 0 Å². The molecule has 0 fully saturated rings. The molecule has 0 aliphatic rings. The Morgan fingerprint density at radius 1 is 1.06 bits per heavy atom. The highest BCUT2D eigenvalue weighted by Gasteiger charge is 1.98. The number of nitrogens with zero attached hydrogens (tertiary/aromatic N) is 1. The van der Waals surface area contributed by atoms with Crippen molar-refractivity contribution in [3.05, 3.63) is 55.1 Å². The van der Waals surface area contributed by atoms with Crippen molar-refractivity contribution in [3.8, 4) is 0 Å². The molecular weight excluding hydrogens is 252 g/mol. The summed E-state index contributed by atoms with van der Waals surface area (Å²) in [6.45, 7) is 1.69. The summed E-state index contributed by atoms with van der Waals surface area (Å²) >= 11 is 0. The van der Waals surface area contributed by atoms with Gasteiger partial charge in [-0.1, -0.05) is 13.0 Å². The van der Waals surface area contributed by atoms with Crippen molar-refractivity contribution in [1.82, 2.24) is 9.97 Å². The number of hydrogen-bond acceptors (Lipinski definition) is 3. The molecule has 0 atom stereocenters. The molecular formula is C12H18N2O3S. The molecule has 0 bridgehead atoms. The standard InChI is InChI=1S/C5H5N.C4H5N.C3H8O3S/c1-2-4-6-5-3-1;1-2-4-5-3-1;1-2-3-7(4,5)6/h1-5H;1-5H;2-3H2,1H3,(H,4,5,6). The molecule has 2 rings (SSSR count). The maximum Gasteiger partial charge on any atom is 0.264 e. The van der Waals surface area contributed by atoms with Gasteiger partial charge in [0.15, 0.2) is 0 Å². The average Bonchev–Trinajstić information content (AvgIpc) is 2.89. The van der Waals surface area contributed by atoms with Gasteiger partial charge in [0.1, 0.15) is 0 Å². The Bertz CT molecular complexity index is 411. The van der Waals surface area contributed by atoms with Crippen LogP contribution >= 0.6 is 0 Å². The maximum atomic E-state index is 9.79. The lowest BCUT2D eigenvalue weighted by Crippen LogP contribution is -2.01. The van der Waals surface area contributed by atoms with E-state index in [1.165, 1.54) is 0 Å². The van der Waals surface area contributed by atoms with E-state index in [1.807, 2.05) is 42.7 Å². The predicted octanol–water partition coefficient (Wildman–Crippen LogP) is 2.38. The monoisotopic (exact) mass is 270 g/mol. The first kappa shape index (κ1) is 16.3. The van der Waals surface area contributed by atoms with E-state index in [4.69, 9.17) is 4.55 Å². The summed E-state index contributed by atoms with van der Waals surface area (Å²) in [7, 11) is -3.67. The molecule has 18 heavy (non-hydrogen) atoms. The highest BCUT2D eigenvalue weighted by molar-refractivity contribution is 7.85. The summed E-state index contributed by atoms with van der Waals surface area (Å²) in [6.07, 6.45) is 7.72. The van der Waals surface area contributed by atoms with Gasteiger partial charge in [0, 0.05) is 24.8 Å². The molecule has 0 spiro atoms. The average molecular weight is 270 g/mol. The van der Waals surface area contributed by atoms with Gasteiger partial charge in [0.25, 0.3) is 10.1 Å². The third-order valence-electron chi connectivity index (χ3n) is 1.52. The molecule has 2 heterocycles. The van der Waals surface area contributed by atoms with Crippen molar-refractivity contribution in [2.45, 2.75) is 13.3 Å². The summed E-state index contributed by atoms with van der Waals surface area (Å²) in [5.41, 5.74) is 0. The van der Waals surface area contributed by atoms with Crippen molar-refractivity contribution in [3.63, 3.8) is 0 Å². The van der Waals surface area contributed by atoms with Crippen LogP contribution in [0.2, 0.25) is 0 Å². The van der Waals surface area contributed by atoms with Gasteiger partial charge in [-0.15, -0.1) is 0 Å². The minimum Gasteiger partial charge on any atom is -0.368 e. The van der Waals surface area contributed by atoms with Gasteiger partial charge in [0.05, 0.1) is 5.75 Å². The second-order valence-corrected chi connectivity index (χ2v) is 4.77. The molecule has 0 aromatic carbocycles. The van der Waals surface area contributed by atoms with Gasteiger partial charge in [0.2, 0.25) is 0 Å². The van der Waals surface area contributed by atoms with Crippen LogP contribution in [0.25, 0.3) is 0 Å². The van der Waals surface area contributed by atoms with E-state index in [9.17, 15) is 8.42 Å². The van der Waals surface area contributed by atoms with Crippen LogP contribution in [0.3, 0.4) is 0 Å². The van der Waals surface area contributed by atoms with Gasteiger partial charge in [-0.05, 0) is 30.7 Å². The predicted molar refractivity (Wildman–Crippen MR) is 71.7 cm³/mol. The van der Waals surface area contributed by atoms with Crippen LogP contribution in [0.15, 0.2) is 55.1 Å². The van der Waals surface area contributed by atoms with E-state index in [2.05, 4.69) is 9.97 Å². The molecule has 0 unspecified atom stereocenters. The SMILES string of the molecule is CCCS(=O)(=O)O.c1cc[nH]c1.c1ccncc1. The van der Waals surface area contributed by atoms with Crippen LogP contribution in [0.5, 0.6) is 0 Å². The van der Waals surface area contributed by atoms with Gasteiger partial charge in [-0.3, -0.25) is 9.54 Å². The lowest BCUT2D eigenvalue weighted by Gasteiger charge is -1.85. The van der Waals surface area contributed by atoms with Crippen LogP contribution < -0.4 is 0 Å². The lowest BCUT2D eigenvalue weighted by molar-refractivity contribution is 0.482. The lowest BCUT2D eigenvalue weighted by atomic mass is 10.5. The fraction of sp³-hybridized carbons (Fsp3) is 0.250. The number of rotatable bonds is 2. The Labute approximate surface area is 108 Å². The summed E-state index contributed by atoms with van der Waals surface area (Å²) in [5, 5.41) is 0. The van der Waals surface area contributed by atoms with E-state index < -0.39 is 10.1 Å². The second kappa shape index (κ2) is 10.5. The van der Waals surface area contributed by atoms with Gasteiger partial charge >= 0.3 is 0 Å². The Kier molecular flexibility index (Phi) is 9.52. The number of pyridine rings is 1. The maximum absolute atomic E-state index is 9.79.